The lowest BCUT2D eigenvalue weighted by Crippen LogP contribution is -2.44. The number of aromatic amines is 1. The summed E-state index contributed by atoms with van der Waals surface area (Å²) in [6.07, 6.45) is 2.57. The van der Waals surface area contributed by atoms with Crippen LogP contribution in [0, 0.1) is 0 Å². The SMILES string of the molecule is CN1CCN(c2cccc3nc([C@H]4CC(=O)C[C@@H](c5ncccc5Cl)N4C)[nH]c23)CC1. The standard InChI is InChI=1S/C23H27ClN6O/c1-28-9-11-30(12-10-28)18-7-3-6-17-22(18)27-23(26-17)20-14-15(31)13-19(29(20)2)21-16(24)5-4-8-25-21/h3-8,19-20H,9-14H2,1-2H3,(H,26,27)/t19-,20+/m0/s1. The lowest BCUT2D eigenvalue weighted by atomic mass is 9.92. The number of piperidine rings is 1. The number of imidazole rings is 1. The number of carbonyl (C=O) groups is 1. The zero-order valence-corrected chi connectivity index (χ0v) is 18.6. The van der Waals surface area contributed by atoms with Gasteiger partial charge < -0.3 is 14.8 Å². The van der Waals surface area contributed by atoms with Crippen LogP contribution in [0.25, 0.3) is 11.0 Å². The number of piperazine rings is 1. The number of benzene rings is 1. The molecule has 2 atom stereocenters. The van der Waals surface area contributed by atoms with Crippen molar-refractivity contribution in [2.45, 2.75) is 24.9 Å². The average molecular weight is 439 g/mol. The number of H-pyrrole nitrogens is 1. The van der Waals surface area contributed by atoms with E-state index in [1.807, 2.05) is 25.2 Å². The fraction of sp³-hybridized carbons (Fsp3) is 0.435. The summed E-state index contributed by atoms with van der Waals surface area (Å²) in [5.41, 5.74) is 3.91. The summed E-state index contributed by atoms with van der Waals surface area (Å²) in [6, 6.07) is 9.59. The number of aromatic nitrogens is 3. The van der Waals surface area contributed by atoms with Crippen molar-refractivity contribution in [2.24, 2.45) is 0 Å². The number of ketones is 1. The fourth-order valence-corrected chi connectivity index (χ4v) is 4.99. The van der Waals surface area contributed by atoms with Gasteiger partial charge in [-0.05, 0) is 38.4 Å². The number of rotatable bonds is 3. The van der Waals surface area contributed by atoms with Crippen molar-refractivity contribution >= 4 is 34.1 Å². The number of hydrogen-bond acceptors (Lipinski definition) is 6. The number of nitrogens with one attached hydrogen (secondary N) is 1. The van der Waals surface area contributed by atoms with E-state index in [4.69, 9.17) is 16.6 Å². The van der Waals surface area contributed by atoms with Crippen molar-refractivity contribution in [1.82, 2.24) is 24.8 Å². The van der Waals surface area contributed by atoms with Gasteiger partial charge in [-0.15, -0.1) is 0 Å². The molecule has 0 radical (unpaired) electrons. The van der Waals surface area contributed by atoms with E-state index in [1.165, 1.54) is 5.69 Å². The summed E-state index contributed by atoms with van der Waals surface area (Å²) in [6.45, 7) is 4.07. The molecule has 1 aromatic carbocycles. The second kappa shape index (κ2) is 8.22. The van der Waals surface area contributed by atoms with Gasteiger partial charge in [0.15, 0.2) is 0 Å². The highest BCUT2D eigenvalue weighted by Gasteiger charge is 2.37. The minimum Gasteiger partial charge on any atom is -0.367 e. The van der Waals surface area contributed by atoms with Crippen molar-refractivity contribution in [2.75, 3.05) is 45.2 Å². The molecule has 0 amide bonds. The molecule has 0 bridgehead atoms. The molecule has 7 nitrogen and oxygen atoms in total. The number of nitrogens with zero attached hydrogens (tertiary/aromatic N) is 5. The number of likely N-dealkylation sites (tertiary alicyclic amines) is 1. The van der Waals surface area contributed by atoms with Crippen LogP contribution in [0.4, 0.5) is 5.69 Å². The second-order valence-corrected chi connectivity index (χ2v) is 9.01. The van der Waals surface area contributed by atoms with E-state index >= 15 is 0 Å². The molecule has 5 rings (SSSR count). The molecule has 8 heteroatoms. The van der Waals surface area contributed by atoms with Gasteiger partial charge in [-0.2, -0.15) is 0 Å². The summed E-state index contributed by atoms with van der Waals surface area (Å²) in [5.74, 6) is 1.03. The number of halogens is 1. The quantitative estimate of drug-likeness (QED) is 0.675. The van der Waals surface area contributed by atoms with Crippen LogP contribution in [0.2, 0.25) is 5.02 Å². The maximum Gasteiger partial charge on any atom is 0.136 e. The second-order valence-electron chi connectivity index (χ2n) is 8.60. The predicted molar refractivity (Wildman–Crippen MR) is 123 cm³/mol. The number of para-hydroxylation sites is 1. The number of likely N-dealkylation sites (N-methyl/N-ethyl adjacent to an activating group) is 1. The van der Waals surface area contributed by atoms with Crippen LogP contribution >= 0.6 is 11.6 Å². The predicted octanol–water partition coefficient (Wildman–Crippen LogP) is 3.44. The first-order valence-corrected chi connectivity index (χ1v) is 11.1. The molecule has 2 fully saturated rings. The molecule has 2 aromatic heterocycles. The Morgan fingerprint density at radius 1 is 1.03 bits per heavy atom. The van der Waals surface area contributed by atoms with Gasteiger partial charge in [-0.1, -0.05) is 17.7 Å². The van der Waals surface area contributed by atoms with Crippen LogP contribution in [0.1, 0.15) is 36.4 Å². The van der Waals surface area contributed by atoms with Gasteiger partial charge >= 0.3 is 0 Å². The van der Waals surface area contributed by atoms with Crippen LogP contribution in [0.3, 0.4) is 0 Å². The number of anilines is 1. The lowest BCUT2D eigenvalue weighted by Gasteiger charge is -2.37. The van der Waals surface area contributed by atoms with Crippen molar-refractivity contribution in [3.63, 3.8) is 0 Å². The third-order valence-electron chi connectivity index (χ3n) is 6.60. The Bertz CT molecular complexity index is 1110. The first-order valence-electron chi connectivity index (χ1n) is 10.8. The molecular weight excluding hydrogens is 412 g/mol. The maximum atomic E-state index is 12.7. The zero-order chi connectivity index (χ0) is 21.5. The van der Waals surface area contributed by atoms with E-state index in [0.29, 0.717) is 17.9 Å². The monoisotopic (exact) mass is 438 g/mol. The Hall–Kier alpha value is -2.48. The van der Waals surface area contributed by atoms with Gasteiger partial charge in [0.25, 0.3) is 0 Å². The van der Waals surface area contributed by atoms with Gasteiger partial charge in [0, 0.05) is 45.2 Å². The van der Waals surface area contributed by atoms with E-state index in [0.717, 1.165) is 48.7 Å². The van der Waals surface area contributed by atoms with Crippen LogP contribution in [-0.4, -0.2) is 70.8 Å². The normalized spacial score (nSPS) is 23.6. The number of hydrogen-bond donors (Lipinski definition) is 1. The molecule has 1 N–H and O–H groups in total. The number of pyridine rings is 1. The van der Waals surface area contributed by atoms with Crippen molar-refractivity contribution in [3.8, 4) is 0 Å². The van der Waals surface area contributed by atoms with Gasteiger partial charge in [0.1, 0.15) is 11.6 Å². The van der Waals surface area contributed by atoms with Crippen molar-refractivity contribution in [1.29, 1.82) is 0 Å². The van der Waals surface area contributed by atoms with E-state index < -0.39 is 0 Å². The van der Waals surface area contributed by atoms with E-state index in [9.17, 15) is 4.79 Å². The summed E-state index contributed by atoms with van der Waals surface area (Å²) >= 11 is 6.41. The van der Waals surface area contributed by atoms with E-state index in [2.05, 4.69) is 43.8 Å². The number of Topliss-reactive ketones (excluding diaryl/α,β-unsaturated/α-hetero) is 1. The van der Waals surface area contributed by atoms with Crippen molar-refractivity contribution < 1.29 is 4.79 Å². The van der Waals surface area contributed by atoms with E-state index in [-0.39, 0.29) is 17.9 Å². The molecule has 0 spiro atoms. The topological polar surface area (TPSA) is 68.4 Å². The third-order valence-corrected chi connectivity index (χ3v) is 6.92. The average Bonchev–Trinajstić information content (AvgIpc) is 3.20. The molecule has 162 valence electrons. The van der Waals surface area contributed by atoms with E-state index in [1.54, 1.807) is 6.20 Å². The third kappa shape index (κ3) is 3.82. The highest BCUT2D eigenvalue weighted by molar-refractivity contribution is 6.31. The Morgan fingerprint density at radius 2 is 1.81 bits per heavy atom. The molecule has 2 saturated heterocycles. The van der Waals surface area contributed by atoms with Gasteiger partial charge in [0.05, 0.1) is 39.5 Å². The molecule has 2 aliphatic heterocycles. The minimum absolute atomic E-state index is 0.142. The summed E-state index contributed by atoms with van der Waals surface area (Å²) in [4.78, 5) is 32.6. The minimum atomic E-state index is -0.162. The fourth-order valence-electron chi connectivity index (χ4n) is 4.75. The van der Waals surface area contributed by atoms with Gasteiger partial charge in [0.2, 0.25) is 0 Å². The Labute approximate surface area is 187 Å². The highest BCUT2D eigenvalue weighted by Crippen LogP contribution is 2.40. The molecular formula is C23H27ClN6O. The maximum absolute atomic E-state index is 12.7. The van der Waals surface area contributed by atoms with Crippen LogP contribution in [0.5, 0.6) is 0 Å². The molecule has 31 heavy (non-hydrogen) atoms. The smallest absolute Gasteiger partial charge is 0.136 e. The van der Waals surface area contributed by atoms with Gasteiger partial charge in [-0.3, -0.25) is 14.7 Å². The lowest BCUT2D eigenvalue weighted by molar-refractivity contribution is -0.125. The number of carbonyl (C=O) groups excluding carboxylic acids is 1. The first kappa shape index (κ1) is 20.4. The van der Waals surface area contributed by atoms with Crippen LogP contribution in [-0.2, 0) is 4.79 Å². The Morgan fingerprint density at radius 3 is 2.58 bits per heavy atom. The zero-order valence-electron chi connectivity index (χ0n) is 17.9. The van der Waals surface area contributed by atoms with Crippen molar-refractivity contribution in [3.05, 3.63) is 53.1 Å². The largest absolute Gasteiger partial charge is 0.367 e. The number of fused-ring (bicyclic) bond motifs is 1. The summed E-state index contributed by atoms with van der Waals surface area (Å²) < 4.78 is 0. The van der Waals surface area contributed by atoms with Crippen LogP contribution in [0.15, 0.2) is 36.5 Å². The molecule has 0 unspecified atom stereocenters. The molecule has 0 aliphatic carbocycles. The highest BCUT2D eigenvalue weighted by atomic mass is 35.5. The molecule has 0 saturated carbocycles. The first-order chi connectivity index (χ1) is 15.0. The summed E-state index contributed by atoms with van der Waals surface area (Å²) in [7, 11) is 4.19. The summed E-state index contributed by atoms with van der Waals surface area (Å²) in [5, 5.41) is 0.592. The molecule has 3 aromatic rings. The Kier molecular flexibility index (Phi) is 5.42. The Balaban J connectivity index is 1.49. The molecule has 2 aliphatic rings. The molecule has 4 heterocycles. The van der Waals surface area contributed by atoms with Gasteiger partial charge in [-0.25, -0.2) is 4.98 Å². The van der Waals surface area contributed by atoms with Crippen LogP contribution < -0.4 is 4.90 Å².